The van der Waals surface area contributed by atoms with Gasteiger partial charge in [-0.3, -0.25) is 14.5 Å². The number of β-lactam (4-membered cyclic amide) rings is 1. The van der Waals surface area contributed by atoms with Crippen molar-refractivity contribution in [3.63, 3.8) is 0 Å². The van der Waals surface area contributed by atoms with Crippen molar-refractivity contribution in [1.29, 1.82) is 0 Å². The molecule has 35 heavy (non-hydrogen) atoms. The second kappa shape index (κ2) is 10.0. The first-order chi connectivity index (χ1) is 17.1. The highest BCUT2D eigenvalue weighted by atomic mass is 16.6. The SMILES string of the molecule is O=C(CN1C(=O)C(N2C(=O)OC[C@@H]2c2ccccc2)C1CCc1ccco1)OCc1ccccc1. The summed E-state index contributed by atoms with van der Waals surface area (Å²) in [5.74, 6) is -0.00328. The van der Waals surface area contributed by atoms with Crippen LogP contribution in [0.1, 0.15) is 29.3 Å². The number of hydrogen-bond donors (Lipinski definition) is 0. The van der Waals surface area contributed by atoms with Gasteiger partial charge < -0.3 is 18.8 Å². The van der Waals surface area contributed by atoms with E-state index in [2.05, 4.69) is 0 Å². The molecule has 3 atom stereocenters. The minimum absolute atomic E-state index is 0.136. The second-order valence-electron chi connectivity index (χ2n) is 8.65. The Morgan fingerprint density at radius 2 is 1.71 bits per heavy atom. The molecule has 2 amide bonds. The van der Waals surface area contributed by atoms with Crippen LogP contribution in [0.3, 0.4) is 0 Å². The summed E-state index contributed by atoms with van der Waals surface area (Å²) in [7, 11) is 0. The maximum absolute atomic E-state index is 13.3. The summed E-state index contributed by atoms with van der Waals surface area (Å²) < 4.78 is 16.2. The lowest BCUT2D eigenvalue weighted by Crippen LogP contribution is -2.71. The van der Waals surface area contributed by atoms with Crippen molar-refractivity contribution in [3.8, 4) is 0 Å². The molecule has 2 aliphatic rings. The number of nitrogens with zero attached hydrogens (tertiary/aromatic N) is 2. The lowest BCUT2D eigenvalue weighted by atomic mass is 9.87. The van der Waals surface area contributed by atoms with Crippen molar-refractivity contribution in [2.24, 2.45) is 0 Å². The first-order valence-corrected chi connectivity index (χ1v) is 11.6. The monoisotopic (exact) mass is 474 g/mol. The van der Waals surface area contributed by atoms with Crippen LogP contribution in [0.15, 0.2) is 83.5 Å². The van der Waals surface area contributed by atoms with Crippen LogP contribution >= 0.6 is 0 Å². The van der Waals surface area contributed by atoms with E-state index in [1.54, 1.807) is 12.3 Å². The van der Waals surface area contributed by atoms with Gasteiger partial charge in [-0.15, -0.1) is 0 Å². The Labute approximate surface area is 203 Å². The predicted molar refractivity (Wildman–Crippen MR) is 125 cm³/mol. The minimum Gasteiger partial charge on any atom is -0.469 e. The molecule has 180 valence electrons. The standard InChI is InChI=1S/C27H26N2O6/c30-24(34-17-19-8-3-1-4-9-19)16-28-22(14-13-21-12-7-15-33-21)25(26(28)31)29-23(18-35-27(29)32)20-10-5-2-6-11-20/h1-12,15,22-23,25H,13-14,16-18H2/t22?,23-,25?/m1/s1. The van der Waals surface area contributed by atoms with Crippen molar-refractivity contribution >= 4 is 18.0 Å². The number of carbonyl (C=O) groups is 3. The summed E-state index contributed by atoms with van der Waals surface area (Å²) in [5, 5.41) is 0. The van der Waals surface area contributed by atoms with Crippen molar-refractivity contribution in [1.82, 2.24) is 9.80 Å². The Morgan fingerprint density at radius 3 is 2.43 bits per heavy atom. The molecule has 2 aromatic carbocycles. The first-order valence-electron chi connectivity index (χ1n) is 11.6. The molecule has 3 heterocycles. The topological polar surface area (TPSA) is 89.3 Å². The summed E-state index contributed by atoms with van der Waals surface area (Å²) in [4.78, 5) is 41.6. The van der Waals surface area contributed by atoms with Crippen LogP contribution in [0.4, 0.5) is 4.79 Å². The molecule has 0 saturated carbocycles. The molecular formula is C27H26N2O6. The number of furan rings is 1. The van der Waals surface area contributed by atoms with Gasteiger partial charge in [-0.2, -0.15) is 0 Å². The molecule has 8 heteroatoms. The molecule has 0 radical (unpaired) electrons. The molecule has 2 saturated heterocycles. The molecule has 2 unspecified atom stereocenters. The Hall–Kier alpha value is -4.07. The van der Waals surface area contributed by atoms with Gasteiger partial charge in [0.05, 0.1) is 18.3 Å². The number of aryl methyl sites for hydroxylation is 1. The molecule has 0 aliphatic carbocycles. The number of likely N-dealkylation sites (tertiary alicyclic amines) is 1. The third kappa shape index (κ3) is 4.77. The maximum Gasteiger partial charge on any atom is 0.411 e. The fraction of sp³-hybridized carbons (Fsp3) is 0.296. The minimum atomic E-state index is -0.716. The third-order valence-corrected chi connectivity index (χ3v) is 6.50. The van der Waals surface area contributed by atoms with E-state index < -0.39 is 18.1 Å². The van der Waals surface area contributed by atoms with E-state index in [0.717, 1.165) is 16.9 Å². The van der Waals surface area contributed by atoms with Crippen molar-refractivity contribution in [2.75, 3.05) is 13.2 Å². The largest absolute Gasteiger partial charge is 0.469 e. The highest BCUT2D eigenvalue weighted by Crippen LogP contribution is 2.38. The van der Waals surface area contributed by atoms with Gasteiger partial charge in [0, 0.05) is 6.42 Å². The van der Waals surface area contributed by atoms with Crippen LogP contribution in [0.5, 0.6) is 0 Å². The molecule has 2 fully saturated rings. The van der Waals surface area contributed by atoms with Crippen LogP contribution in [-0.2, 0) is 32.1 Å². The Kier molecular flexibility index (Phi) is 6.52. The summed E-state index contributed by atoms with van der Waals surface area (Å²) >= 11 is 0. The number of amides is 2. The van der Waals surface area contributed by atoms with Crippen LogP contribution < -0.4 is 0 Å². The lowest BCUT2D eigenvalue weighted by molar-refractivity contribution is -0.167. The van der Waals surface area contributed by atoms with Gasteiger partial charge in [0.25, 0.3) is 0 Å². The van der Waals surface area contributed by atoms with Crippen LogP contribution in [0.2, 0.25) is 0 Å². The van der Waals surface area contributed by atoms with Gasteiger partial charge in [-0.1, -0.05) is 60.7 Å². The zero-order chi connectivity index (χ0) is 24.2. The van der Waals surface area contributed by atoms with Gasteiger partial charge in [0.2, 0.25) is 5.91 Å². The third-order valence-electron chi connectivity index (χ3n) is 6.50. The zero-order valence-electron chi connectivity index (χ0n) is 19.1. The van der Waals surface area contributed by atoms with E-state index in [0.29, 0.717) is 12.8 Å². The molecule has 8 nitrogen and oxygen atoms in total. The van der Waals surface area contributed by atoms with Crippen LogP contribution in [0, 0.1) is 0 Å². The average Bonchev–Trinajstić information content (AvgIpc) is 3.54. The molecule has 3 aromatic rings. The zero-order valence-corrected chi connectivity index (χ0v) is 19.1. The van der Waals surface area contributed by atoms with Gasteiger partial charge in [0.15, 0.2) is 0 Å². The number of esters is 1. The summed E-state index contributed by atoms with van der Waals surface area (Å²) in [6, 6.07) is 21.1. The lowest BCUT2D eigenvalue weighted by Gasteiger charge is -2.50. The van der Waals surface area contributed by atoms with E-state index in [9.17, 15) is 14.4 Å². The maximum atomic E-state index is 13.3. The van der Waals surface area contributed by atoms with E-state index >= 15 is 0 Å². The quantitative estimate of drug-likeness (QED) is 0.347. The van der Waals surface area contributed by atoms with Gasteiger partial charge in [-0.25, -0.2) is 4.79 Å². The second-order valence-corrected chi connectivity index (χ2v) is 8.65. The smallest absolute Gasteiger partial charge is 0.411 e. The summed E-state index contributed by atoms with van der Waals surface area (Å²) in [6.07, 6.45) is 2.17. The highest BCUT2D eigenvalue weighted by molar-refractivity contribution is 5.95. The Morgan fingerprint density at radius 1 is 0.971 bits per heavy atom. The summed E-state index contributed by atoms with van der Waals surface area (Å²) in [5.41, 5.74) is 1.77. The molecule has 0 bridgehead atoms. The van der Waals surface area contributed by atoms with Gasteiger partial charge in [0.1, 0.15) is 31.6 Å². The number of carbonyl (C=O) groups excluding carboxylic acids is 3. The van der Waals surface area contributed by atoms with Crippen molar-refractivity contribution in [3.05, 3.63) is 95.9 Å². The Bertz CT molecular complexity index is 1160. The van der Waals surface area contributed by atoms with Crippen LogP contribution in [-0.4, -0.2) is 53.0 Å². The average molecular weight is 475 g/mol. The fourth-order valence-corrected chi connectivity index (χ4v) is 4.74. The Balaban J connectivity index is 1.31. The molecule has 0 spiro atoms. The normalized spacial score (nSPS) is 21.5. The highest BCUT2D eigenvalue weighted by Gasteiger charge is 2.56. The summed E-state index contributed by atoms with van der Waals surface area (Å²) in [6.45, 7) is 0.136. The number of cyclic esters (lactones) is 1. The van der Waals surface area contributed by atoms with Crippen LogP contribution in [0.25, 0.3) is 0 Å². The molecule has 1 aromatic heterocycles. The molecule has 0 N–H and O–H groups in total. The van der Waals surface area contributed by atoms with E-state index in [1.807, 2.05) is 66.7 Å². The first kappa shape index (κ1) is 22.7. The van der Waals surface area contributed by atoms with Crippen molar-refractivity contribution < 1.29 is 28.3 Å². The predicted octanol–water partition coefficient (Wildman–Crippen LogP) is 3.73. The molecular weight excluding hydrogens is 448 g/mol. The molecule has 2 aliphatic heterocycles. The number of ether oxygens (including phenoxy) is 2. The van der Waals surface area contributed by atoms with E-state index in [1.165, 1.54) is 9.80 Å². The number of hydrogen-bond acceptors (Lipinski definition) is 6. The van der Waals surface area contributed by atoms with Gasteiger partial charge >= 0.3 is 12.1 Å². The fourth-order valence-electron chi connectivity index (χ4n) is 4.74. The van der Waals surface area contributed by atoms with E-state index in [4.69, 9.17) is 13.9 Å². The van der Waals surface area contributed by atoms with Crippen molar-refractivity contribution in [2.45, 2.75) is 37.6 Å². The van der Waals surface area contributed by atoms with E-state index in [-0.39, 0.29) is 37.7 Å². The number of rotatable bonds is 9. The molecule has 5 rings (SSSR count). The number of benzene rings is 2. The van der Waals surface area contributed by atoms with Gasteiger partial charge in [-0.05, 0) is 29.7 Å².